The van der Waals surface area contributed by atoms with E-state index in [0.717, 1.165) is 72.0 Å². The fourth-order valence-electron chi connectivity index (χ4n) is 7.12. The number of para-hydroxylation sites is 3. The third-order valence-corrected chi connectivity index (χ3v) is 9.43. The molecule has 0 saturated heterocycles. The number of nitrogens with zero attached hydrogens (tertiary/aromatic N) is 1. The summed E-state index contributed by atoms with van der Waals surface area (Å²) in [4.78, 5) is 2.34. The van der Waals surface area contributed by atoms with Crippen molar-refractivity contribution in [3.63, 3.8) is 0 Å². The number of rotatable bonds is 5. The van der Waals surface area contributed by atoms with Gasteiger partial charge in [0, 0.05) is 32.4 Å². The quantitative estimate of drug-likeness (QED) is 0.178. The van der Waals surface area contributed by atoms with Crippen LogP contribution in [0.25, 0.3) is 65.4 Å². The first kappa shape index (κ1) is 27.5. The van der Waals surface area contributed by atoms with Crippen molar-refractivity contribution in [3.8, 4) is 16.9 Å². The summed E-state index contributed by atoms with van der Waals surface area (Å²) < 4.78 is 12.4. The Labute approximate surface area is 276 Å². The van der Waals surface area contributed by atoms with Crippen LogP contribution in [0.5, 0.6) is 5.75 Å². The molecule has 0 aliphatic heterocycles. The lowest BCUT2D eigenvalue weighted by Crippen LogP contribution is -2.11. The summed E-state index contributed by atoms with van der Waals surface area (Å²) >= 11 is 6.39. The van der Waals surface area contributed by atoms with Gasteiger partial charge in [0.1, 0.15) is 11.3 Å². The Morgan fingerprint density at radius 1 is 0.489 bits per heavy atom. The summed E-state index contributed by atoms with van der Waals surface area (Å²) in [6, 6.07) is 53.1. The Kier molecular flexibility index (Phi) is 6.41. The van der Waals surface area contributed by atoms with Crippen LogP contribution >= 0.6 is 11.6 Å². The van der Waals surface area contributed by atoms with Crippen molar-refractivity contribution in [2.75, 3.05) is 12.0 Å². The zero-order chi connectivity index (χ0) is 31.5. The van der Waals surface area contributed by atoms with Gasteiger partial charge in [-0.1, -0.05) is 109 Å². The van der Waals surface area contributed by atoms with Gasteiger partial charge in [-0.3, -0.25) is 0 Å². The van der Waals surface area contributed by atoms with E-state index in [-0.39, 0.29) is 0 Å². The number of fused-ring (bicyclic) bond motifs is 8. The zero-order valence-electron chi connectivity index (χ0n) is 25.6. The SMILES string of the molecule is COc1cc(Cl)ccc1-c1cc2c3ccccc3c(N(c3ccccc3)c3cccc4c3oc3ccccc34)cc2c2ccccc12. The highest BCUT2D eigenvalue weighted by Gasteiger charge is 2.23. The molecule has 0 bridgehead atoms. The van der Waals surface area contributed by atoms with E-state index in [1.54, 1.807) is 7.11 Å². The van der Waals surface area contributed by atoms with Gasteiger partial charge in [-0.25, -0.2) is 0 Å². The lowest BCUT2D eigenvalue weighted by Gasteiger charge is -2.28. The van der Waals surface area contributed by atoms with Crippen LogP contribution in [0, 0.1) is 0 Å². The third-order valence-electron chi connectivity index (χ3n) is 9.19. The number of halogens is 1. The Morgan fingerprint density at radius 2 is 1.13 bits per heavy atom. The first-order chi connectivity index (χ1) is 23.2. The van der Waals surface area contributed by atoms with E-state index < -0.39 is 0 Å². The van der Waals surface area contributed by atoms with E-state index in [1.807, 2.05) is 24.3 Å². The Balaban J connectivity index is 1.40. The molecule has 0 radical (unpaired) electrons. The van der Waals surface area contributed by atoms with Gasteiger partial charge >= 0.3 is 0 Å². The molecule has 47 heavy (non-hydrogen) atoms. The van der Waals surface area contributed by atoms with Crippen molar-refractivity contribution in [1.29, 1.82) is 0 Å². The van der Waals surface area contributed by atoms with Crippen molar-refractivity contribution in [2.45, 2.75) is 0 Å². The molecule has 8 aromatic carbocycles. The molecule has 0 aliphatic rings. The molecule has 0 fully saturated rings. The smallest absolute Gasteiger partial charge is 0.159 e. The topological polar surface area (TPSA) is 25.6 Å². The van der Waals surface area contributed by atoms with Crippen molar-refractivity contribution < 1.29 is 9.15 Å². The second-order valence-electron chi connectivity index (χ2n) is 11.8. The van der Waals surface area contributed by atoms with Gasteiger partial charge in [-0.2, -0.15) is 0 Å². The number of furan rings is 1. The van der Waals surface area contributed by atoms with Gasteiger partial charge in [0.2, 0.25) is 0 Å². The van der Waals surface area contributed by atoms with Crippen molar-refractivity contribution >= 4 is 82.9 Å². The minimum atomic E-state index is 0.645. The molecule has 224 valence electrons. The molecule has 0 atom stereocenters. The summed E-state index contributed by atoms with van der Waals surface area (Å²) in [7, 11) is 1.70. The minimum absolute atomic E-state index is 0.645. The number of hydrogen-bond acceptors (Lipinski definition) is 3. The van der Waals surface area contributed by atoms with Crippen LogP contribution in [0.3, 0.4) is 0 Å². The summed E-state index contributed by atoms with van der Waals surface area (Å²) in [5, 5.41) is 9.80. The molecule has 0 unspecified atom stereocenters. The zero-order valence-corrected chi connectivity index (χ0v) is 26.3. The fourth-order valence-corrected chi connectivity index (χ4v) is 7.28. The first-order valence-electron chi connectivity index (χ1n) is 15.7. The van der Waals surface area contributed by atoms with Crippen LogP contribution < -0.4 is 9.64 Å². The molecule has 0 saturated carbocycles. The lowest BCUT2D eigenvalue weighted by atomic mass is 9.89. The van der Waals surface area contributed by atoms with Crippen LogP contribution in [-0.4, -0.2) is 7.11 Å². The maximum atomic E-state index is 6.61. The van der Waals surface area contributed by atoms with E-state index in [9.17, 15) is 0 Å². The second kappa shape index (κ2) is 10.9. The molecular formula is C43H28ClNO2. The molecule has 1 aromatic heterocycles. The number of methoxy groups -OCH3 is 1. The second-order valence-corrected chi connectivity index (χ2v) is 12.2. The normalized spacial score (nSPS) is 11.6. The number of anilines is 3. The Hall–Kier alpha value is -5.77. The van der Waals surface area contributed by atoms with Crippen LogP contribution in [0.2, 0.25) is 5.02 Å². The van der Waals surface area contributed by atoms with Crippen LogP contribution in [0.4, 0.5) is 17.1 Å². The number of benzene rings is 8. The molecule has 9 aromatic rings. The average Bonchev–Trinajstić information content (AvgIpc) is 3.51. The van der Waals surface area contributed by atoms with Crippen molar-refractivity contribution in [1.82, 2.24) is 0 Å². The molecule has 0 N–H and O–H groups in total. The van der Waals surface area contributed by atoms with Crippen LogP contribution in [-0.2, 0) is 0 Å². The lowest BCUT2D eigenvalue weighted by molar-refractivity contribution is 0.416. The van der Waals surface area contributed by atoms with Gasteiger partial charge in [-0.15, -0.1) is 0 Å². The van der Waals surface area contributed by atoms with E-state index in [0.29, 0.717) is 5.02 Å². The summed E-state index contributed by atoms with van der Waals surface area (Å²) in [6.45, 7) is 0. The highest BCUT2D eigenvalue weighted by molar-refractivity contribution is 6.31. The standard InChI is InChI=1S/C43H28ClNO2/c1-46-42-24-27(44)22-23-34(42)36-25-37-31-16-7-8-17-32(31)40(26-38(37)30-15-6-5-14-29(30)36)45(28-12-3-2-4-13-28)39-20-11-19-35-33-18-9-10-21-41(33)47-43(35)39/h2-26H,1H3. The predicted molar refractivity (Wildman–Crippen MR) is 198 cm³/mol. The largest absolute Gasteiger partial charge is 0.496 e. The van der Waals surface area contributed by atoms with Gasteiger partial charge in [0.15, 0.2) is 5.58 Å². The molecule has 3 nitrogen and oxygen atoms in total. The average molecular weight is 626 g/mol. The highest BCUT2D eigenvalue weighted by atomic mass is 35.5. The maximum Gasteiger partial charge on any atom is 0.159 e. The minimum Gasteiger partial charge on any atom is -0.496 e. The van der Waals surface area contributed by atoms with E-state index in [1.165, 1.54) is 16.2 Å². The monoisotopic (exact) mass is 625 g/mol. The Morgan fingerprint density at radius 3 is 1.91 bits per heavy atom. The number of ether oxygens (including phenoxy) is 1. The number of hydrogen-bond donors (Lipinski definition) is 0. The van der Waals surface area contributed by atoms with Crippen molar-refractivity contribution in [3.05, 3.63) is 157 Å². The molecule has 4 heteroatoms. The van der Waals surface area contributed by atoms with Crippen LogP contribution in [0.1, 0.15) is 0 Å². The van der Waals surface area contributed by atoms with Gasteiger partial charge in [0.25, 0.3) is 0 Å². The van der Waals surface area contributed by atoms with E-state index in [2.05, 4.69) is 132 Å². The van der Waals surface area contributed by atoms with E-state index >= 15 is 0 Å². The third kappa shape index (κ3) is 4.35. The van der Waals surface area contributed by atoms with Gasteiger partial charge in [-0.05, 0) is 87.1 Å². The molecule has 1 heterocycles. The molecule has 0 spiro atoms. The highest BCUT2D eigenvalue weighted by Crippen LogP contribution is 2.48. The predicted octanol–water partition coefficient (Wildman–Crippen LogP) is 12.8. The molecule has 9 rings (SSSR count). The maximum absolute atomic E-state index is 6.61. The van der Waals surface area contributed by atoms with Gasteiger partial charge in [0.05, 0.1) is 18.5 Å². The first-order valence-corrected chi connectivity index (χ1v) is 16.0. The summed E-state index contributed by atoms with van der Waals surface area (Å²) in [5.74, 6) is 0.747. The molecule has 0 aliphatic carbocycles. The van der Waals surface area contributed by atoms with Crippen molar-refractivity contribution in [2.24, 2.45) is 0 Å². The summed E-state index contributed by atoms with van der Waals surface area (Å²) in [5.41, 5.74) is 6.96. The Bertz CT molecular complexity index is 2640. The summed E-state index contributed by atoms with van der Waals surface area (Å²) in [6.07, 6.45) is 0. The fraction of sp³-hybridized carbons (Fsp3) is 0.0233. The van der Waals surface area contributed by atoms with Gasteiger partial charge < -0.3 is 14.1 Å². The molecular weight excluding hydrogens is 598 g/mol. The molecule has 0 amide bonds. The van der Waals surface area contributed by atoms with Crippen LogP contribution in [0.15, 0.2) is 156 Å². The van der Waals surface area contributed by atoms with E-state index in [4.69, 9.17) is 20.8 Å².